The molecule has 2 aromatic rings. The molecule has 0 bridgehead atoms. The van der Waals surface area contributed by atoms with Gasteiger partial charge >= 0.3 is 0 Å². The van der Waals surface area contributed by atoms with E-state index < -0.39 is 0 Å². The van der Waals surface area contributed by atoms with Gasteiger partial charge in [0.2, 0.25) is 0 Å². The minimum atomic E-state index is 0.501. The summed E-state index contributed by atoms with van der Waals surface area (Å²) in [5, 5.41) is 0.748. The first-order chi connectivity index (χ1) is 8.15. The van der Waals surface area contributed by atoms with Crippen LogP contribution < -0.4 is 5.73 Å². The Morgan fingerprint density at radius 3 is 2.88 bits per heavy atom. The number of benzene rings is 1. The lowest BCUT2D eigenvalue weighted by molar-refractivity contribution is 0.499. The molecule has 1 atom stereocenters. The molecule has 0 radical (unpaired) electrons. The molecule has 2 N–H and O–H groups in total. The van der Waals surface area contributed by atoms with Crippen LogP contribution in [0.1, 0.15) is 19.2 Å². The van der Waals surface area contributed by atoms with Crippen LogP contribution in [0, 0.1) is 5.92 Å². The molecule has 0 aliphatic carbocycles. The van der Waals surface area contributed by atoms with E-state index in [9.17, 15) is 0 Å². The van der Waals surface area contributed by atoms with Crippen LogP contribution in [0.5, 0.6) is 0 Å². The largest absolute Gasteiger partial charge is 0.331 e. The molecule has 1 unspecified atom stereocenters. The quantitative estimate of drug-likeness (QED) is 0.908. The van der Waals surface area contributed by atoms with Crippen molar-refractivity contribution in [2.45, 2.75) is 19.8 Å². The molecule has 0 aliphatic heterocycles. The number of rotatable bonds is 4. The van der Waals surface area contributed by atoms with E-state index in [0.717, 1.165) is 34.7 Å². The average molecular weight is 252 g/mol. The maximum absolute atomic E-state index is 6.00. The van der Waals surface area contributed by atoms with Gasteiger partial charge in [-0.25, -0.2) is 4.98 Å². The third-order valence-electron chi connectivity index (χ3n) is 3.32. The topological polar surface area (TPSA) is 43.8 Å². The van der Waals surface area contributed by atoms with E-state index in [2.05, 4.69) is 16.5 Å². The third-order valence-corrected chi connectivity index (χ3v) is 3.55. The van der Waals surface area contributed by atoms with Gasteiger partial charge in [-0.1, -0.05) is 24.9 Å². The van der Waals surface area contributed by atoms with Crippen LogP contribution in [-0.2, 0) is 13.5 Å². The van der Waals surface area contributed by atoms with Gasteiger partial charge in [-0.05, 0) is 30.7 Å². The van der Waals surface area contributed by atoms with Crippen molar-refractivity contribution in [1.82, 2.24) is 9.55 Å². The van der Waals surface area contributed by atoms with Gasteiger partial charge < -0.3 is 10.3 Å². The number of nitrogens with two attached hydrogens (primary N) is 1. The van der Waals surface area contributed by atoms with Gasteiger partial charge in [0.15, 0.2) is 0 Å². The van der Waals surface area contributed by atoms with Gasteiger partial charge in [0.05, 0.1) is 11.0 Å². The van der Waals surface area contributed by atoms with Crippen molar-refractivity contribution in [2.24, 2.45) is 18.7 Å². The van der Waals surface area contributed by atoms with Crippen LogP contribution in [0.4, 0.5) is 0 Å². The van der Waals surface area contributed by atoms with Gasteiger partial charge in [-0.2, -0.15) is 0 Å². The van der Waals surface area contributed by atoms with Gasteiger partial charge in [0.1, 0.15) is 5.82 Å². The SMILES string of the molecule is CCC(CN)Cc1nc2ccc(Cl)cc2n1C. The number of aromatic nitrogens is 2. The molecule has 0 fully saturated rings. The van der Waals surface area contributed by atoms with Crippen molar-refractivity contribution < 1.29 is 0 Å². The number of aryl methyl sites for hydroxylation is 1. The summed E-state index contributed by atoms with van der Waals surface area (Å²) >= 11 is 6.00. The van der Waals surface area contributed by atoms with E-state index in [1.807, 2.05) is 25.2 Å². The third kappa shape index (κ3) is 2.45. The van der Waals surface area contributed by atoms with E-state index in [0.29, 0.717) is 12.5 Å². The maximum Gasteiger partial charge on any atom is 0.109 e. The lowest BCUT2D eigenvalue weighted by atomic mass is 10.0. The first-order valence-electron chi connectivity index (χ1n) is 5.96. The average Bonchev–Trinajstić information content (AvgIpc) is 2.63. The highest BCUT2D eigenvalue weighted by molar-refractivity contribution is 6.31. The second-order valence-corrected chi connectivity index (χ2v) is 4.87. The fourth-order valence-corrected chi connectivity index (χ4v) is 2.21. The van der Waals surface area contributed by atoms with E-state index >= 15 is 0 Å². The zero-order valence-corrected chi connectivity index (χ0v) is 11.0. The van der Waals surface area contributed by atoms with E-state index in [4.69, 9.17) is 17.3 Å². The number of imidazole rings is 1. The smallest absolute Gasteiger partial charge is 0.109 e. The molecular formula is C13H18ClN3. The molecule has 17 heavy (non-hydrogen) atoms. The lowest BCUT2D eigenvalue weighted by Crippen LogP contribution is -2.17. The highest BCUT2D eigenvalue weighted by atomic mass is 35.5. The maximum atomic E-state index is 6.00. The predicted molar refractivity (Wildman–Crippen MR) is 72.3 cm³/mol. The van der Waals surface area contributed by atoms with Crippen LogP contribution in [0.3, 0.4) is 0 Å². The number of fused-ring (bicyclic) bond motifs is 1. The molecule has 0 saturated carbocycles. The summed E-state index contributed by atoms with van der Waals surface area (Å²) in [7, 11) is 2.03. The van der Waals surface area contributed by atoms with Crippen molar-refractivity contribution in [3.63, 3.8) is 0 Å². The predicted octanol–water partition coefficient (Wildman–Crippen LogP) is 2.75. The standard InChI is InChI=1S/C13H18ClN3/c1-3-9(8-15)6-13-16-11-5-4-10(14)7-12(11)17(13)2/h4-5,7,9H,3,6,8,15H2,1-2H3. The number of hydrogen-bond acceptors (Lipinski definition) is 2. The van der Waals surface area contributed by atoms with Crippen molar-refractivity contribution in [3.8, 4) is 0 Å². The van der Waals surface area contributed by atoms with E-state index in [1.54, 1.807) is 0 Å². The molecule has 92 valence electrons. The van der Waals surface area contributed by atoms with Crippen LogP contribution in [0.15, 0.2) is 18.2 Å². The molecule has 2 rings (SSSR count). The molecule has 0 saturated heterocycles. The number of nitrogens with zero attached hydrogens (tertiary/aromatic N) is 2. The summed E-state index contributed by atoms with van der Waals surface area (Å²) in [6.07, 6.45) is 2.01. The van der Waals surface area contributed by atoms with Crippen molar-refractivity contribution in [1.29, 1.82) is 0 Å². The molecule has 3 nitrogen and oxygen atoms in total. The molecule has 1 aromatic carbocycles. The Labute approximate surface area is 107 Å². The second-order valence-electron chi connectivity index (χ2n) is 4.43. The Hall–Kier alpha value is -1.06. The molecule has 0 aliphatic rings. The monoisotopic (exact) mass is 251 g/mol. The zero-order valence-electron chi connectivity index (χ0n) is 10.3. The molecule has 1 heterocycles. The van der Waals surface area contributed by atoms with Gasteiger partial charge in [-0.15, -0.1) is 0 Å². The van der Waals surface area contributed by atoms with Gasteiger partial charge in [-0.3, -0.25) is 0 Å². The summed E-state index contributed by atoms with van der Waals surface area (Å²) in [6.45, 7) is 2.87. The Balaban J connectivity index is 2.38. The van der Waals surface area contributed by atoms with Crippen LogP contribution in [0.25, 0.3) is 11.0 Å². The lowest BCUT2D eigenvalue weighted by Gasteiger charge is -2.11. The molecule has 4 heteroatoms. The summed E-state index contributed by atoms with van der Waals surface area (Å²) < 4.78 is 2.11. The Kier molecular flexibility index (Phi) is 3.69. The fourth-order valence-electron chi connectivity index (χ4n) is 2.05. The minimum Gasteiger partial charge on any atom is -0.331 e. The van der Waals surface area contributed by atoms with Crippen molar-refractivity contribution in [2.75, 3.05) is 6.54 Å². The molecule has 1 aromatic heterocycles. The summed E-state index contributed by atoms with van der Waals surface area (Å²) in [5.74, 6) is 1.58. The van der Waals surface area contributed by atoms with E-state index in [1.165, 1.54) is 0 Å². The molecule has 0 spiro atoms. The highest BCUT2D eigenvalue weighted by Crippen LogP contribution is 2.21. The Morgan fingerprint density at radius 1 is 1.47 bits per heavy atom. The highest BCUT2D eigenvalue weighted by Gasteiger charge is 2.12. The Morgan fingerprint density at radius 2 is 2.24 bits per heavy atom. The summed E-state index contributed by atoms with van der Waals surface area (Å²) in [4.78, 5) is 4.64. The minimum absolute atomic E-state index is 0.501. The first-order valence-corrected chi connectivity index (χ1v) is 6.34. The van der Waals surface area contributed by atoms with Crippen molar-refractivity contribution >= 4 is 22.6 Å². The van der Waals surface area contributed by atoms with Crippen LogP contribution >= 0.6 is 11.6 Å². The van der Waals surface area contributed by atoms with Crippen LogP contribution in [0.2, 0.25) is 5.02 Å². The summed E-state index contributed by atoms with van der Waals surface area (Å²) in [5.41, 5.74) is 7.82. The molecular weight excluding hydrogens is 234 g/mol. The van der Waals surface area contributed by atoms with Crippen LogP contribution in [-0.4, -0.2) is 16.1 Å². The van der Waals surface area contributed by atoms with Crippen molar-refractivity contribution in [3.05, 3.63) is 29.0 Å². The van der Waals surface area contributed by atoms with Gasteiger partial charge in [0, 0.05) is 18.5 Å². The van der Waals surface area contributed by atoms with E-state index in [-0.39, 0.29) is 0 Å². The second kappa shape index (κ2) is 5.07. The number of halogens is 1. The number of hydrogen-bond donors (Lipinski definition) is 1. The molecule has 0 amide bonds. The zero-order chi connectivity index (χ0) is 12.4. The fraction of sp³-hybridized carbons (Fsp3) is 0.462. The summed E-state index contributed by atoms with van der Waals surface area (Å²) in [6, 6.07) is 5.79. The normalized spacial score (nSPS) is 13.2. The van der Waals surface area contributed by atoms with Gasteiger partial charge in [0.25, 0.3) is 0 Å². The Bertz CT molecular complexity index is 515. The first kappa shape index (κ1) is 12.4.